The lowest BCUT2D eigenvalue weighted by Gasteiger charge is -2.41. The molecule has 3 aromatic rings. The summed E-state index contributed by atoms with van der Waals surface area (Å²) in [5, 5.41) is 12.3. The summed E-state index contributed by atoms with van der Waals surface area (Å²) in [5.74, 6) is 0.0980. The number of aromatic hydroxyl groups is 1. The van der Waals surface area contributed by atoms with E-state index >= 15 is 0 Å². The first kappa shape index (κ1) is 23.6. The summed E-state index contributed by atoms with van der Waals surface area (Å²) in [5.41, 5.74) is 3.76. The lowest BCUT2D eigenvalue weighted by molar-refractivity contribution is -0.121. The van der Waals surface area contributed by atoms with Crippen LogP contribution in [0.25, 0.3) is 0 Å². The Labute approximate surface area is 210 Å². The molecule has 3 amide bonds. The smallest absolute Gasteiger partial charge is 0.260 e. The molecule has 0 radical (unpaired) electrons. The maximum absolute atomic E-state index is 13.4. The maximum atomic E-state index is 13.4. The number of carbonyl (C=O) groups excluding carboxylic acids is 3. The van der Waals surface area contributed by atoms with Crippen molar-refractivity contribution in [2.24, 2.45) is 0 Å². The van der Waals surface area contributed by atoms with Gasteiger partial charge in [0.2, 0.25) is 5.91 Å². The van der Waals surface area contributed by atoms with Crippen molar-refractivity contribution in [2.45, 2.75) is 38.3 Å². The molecule has 0 unspecified atom stereocenters. The van der Waals surface area contributed by atoms with E-state index in [1.54, 1.807) is 28.0 Å². The summed E-state index contributed by atoms with van der Waals surface area (Å²) in [6.45, 7) is 1.06. The zero-order chi connectivity index (χ0) is 25.1. The molecular weight excluding hydrogens is 454 g/mol. The Balaban J connectivity index is 1.15. The van der Waals surface area contributed by atoms with Gasteiger partial charge in [-0.05, 0) is 55.2 Å². The monoisotopic (exact) mass is 483 g/mol. The zero-order valence-corrected chi connectivity index (χ0v) is 20.0. The number of para-hydroxylation sites is 1. The number of phenolic OH excluding ortho intramolecular Hbond substituents is 1. The fourth-order valence-corrected chi connectivity index (χ4v) is 5.04. The van der Waals surface area contributed by atoms with E-state index in [1.165, 1.54) is 0 Å². The summed E-state index contributed by atoms with van der Waals surface area (Å²) in [6.07, 6.45) is 2.99. The average Bonchev–Trinajstić information content (AvgIpc) is 3.19. The van der Waals surface area contributed by atoms with Crippen LogP contribution in [0.2, 0.25) is 0 Å². The highest BCUT2D eigenvalue weighted by molar-refractivity contribution is 6.16. The number of phenols is 1. The van der Waals surface area contributed by atoms with E-state index in [9.17, 15) is 19.5 Å². The van der Waals surface area contributed by atoms with Crippen molar-refractivity contribution >= 4 is 23.4 Å². The SMILES string of the molecule is O=C(CCCCCN1C(=O)c2ccccc2N2C(=O)c3ccccc3[C@H]12)NCCc1ccc(O)cc1. The fraction of sp³-hybridized carbons (Fsp3) is 0.276. The van der Waals surface area contributed by atoms with Gasteiger partial charge in [0.15, 0.2) is 0 Å². The topological polar surface area (TPSA) is 90.0 Å². The molecule has 36 heavy (non-hydrogen) atoms. The third-order valence-corrected chi connectivity index (χ3v) is 6.86. The van der Waals surface area contributed by atoms with Crippen LogP contribution in [-0.4, -0.2) is 40.8 Å². The molecule has 184 valence electrons. The molecule has 2 aliphatic heterocycles. The molecule has 0 bridgehead atoms. The quantitative estimate of drug-likeness (QED) is 0.441. The van der Waals surface area contributed by atoms with Gasteiger partial charge in [-0.15, -0.1) is 0 Å². The van der Waals surface area contributed by atoms with Crippen LogP contribution in [0.4, 0.5) is 5.69 Å². The van der Waals surface area contributed by atoms with Gasteiger partial charge in [-0.3, -0.25) is 19.3 Å². The Kier molecular flexibility index (Phi) is 6.71. The van der Waals surface area contributed by atoms with Crippen LogP contribution in [-0.2, 0) is 11.2 Å². The molecule has 2 heterocycles. The van der Waals surface area contributed by atoms with Crippen LogP contribution in [0.1, 0.15) is 63.7 Å². The molecule has 0 fully saturated rings. The normalized spacial score (nSPS) is 15.9. The summed E-state index contributed by atoms with van der Waals surface area (Å²) in [7, 11) is 0. The Morgan fingerprint density at radius 3 is 2.36 bits per heavy atom. The summed E-state index contributed by atoms with van der Waals surface area (Å²) < 4.78 is 0. The van der Waals surface area contributed by atoms with Crippen molar-refractivity contribution < 1.29 is 19.5 Å². The maximum Gasteiger partial charge on any atom is 0.260 e. The highest BCUT2D eigenvalue weighted by Crippen LogP contribution is 2.45. The van der Waals surface area contributed by atoms with Gasteiger partial charge >= 0.3 is 0 Å². The van der Waals surface area contributed by atoms with Gasteiger partial charge in [0.25, 0.3) is 11.8 Å². The Hall–Kier alpha value is -4.13. The molecule has 1 atom stereocenters. The van der Waals surface area contributed by atoms with E-state index in [2.05, 4.69) is 5.32 Å². The number of carbonyl (C=O) groups is 3. The second kappa shape index (κ2) is 10.2. The largest absolute Gasteiger partial charge is 0.508 e. The van der Waals surface area contributed by atoms with Gasteiger partial charge in [0.1, 0.15) is 11.9 Å². The van der Waals surface area contributed by atoms with Crippen LogP contribution in [0.15, 0.2) is 72.8 Å². The van der Waals surface area contributed by atoms with E-state index in [-0.39, 0.29) is 23.5 Å². The van der Waals surface area contributed by atoms with Gasteiger partial charge in [-0.1, -0.05) is 48.9 Å². The van der Waals surface area contributed by atoms with E-state index in [4.69, 9.17) is 0 Å². The van der Waals surface area contributed by atoms with Gasteiger partial charge < -0.3 is 15.3 Å². The number of unbranched alkanes of at least 4 members (excludes halogenated alkanes) is 2. The number of fused-ring (bicyclic) bond motifs is 5. The second-order valence-corrected chi connectivity index (χ2v) is 9.23. The second-order valence-electron chi connectivity index (χ2n) is 9.23. The number of hydrogen-bond donors (Lipinski definition) is 2. The third kappa shape index (κ3) is 4.56. The lowest BCUT2D eigenvalue weighted by Crippen LogP contribution is -2.48. The average molecular weight is 484 g/mol. The minimum absolute atomic E-state index is 0.0123. The summed E-state index contributed by atoms with van der Waals surface area (Å²) >= 11 is 0. The number of benzene rings is 3. The third-order valence-electron chi connectivity index (χ3n) is 6.86. The van der Waals surface area contributed by atoms with Crippen LogP contribution < -0.4 is 10.2 Å². The number of hydrogen-bond acceptors (Lipinski definition) is 4. The first-order valence-corrected chi connectivity index (χ1v) is 12.4. The molecule has 0 spiro atoms. The molecule has 7 nitrogen and oxygen atoms in total. The number of nitrogens with one attached hydrogen (secondary N) is 1. The number of amides is 3. The molecule has 3 aromatic carbocycles. The Morgan fingerprint density at radius 2 is 1.56 bits per heavy atom. The van der Waals surface area contributed by atoms with Crippen LogP contribution in [0, 0.1) is 0 Å². The minimum atomic E-state index is -0.431. The van der Waals surface area contributed by atoms with E-state index in [0.717, 1.165) is 30.4 Å². The Bertz CT molecular complexity index is 1290. The van der Waals surface area contributed by atoms with Gasteiger partial charge in [-0.2, -0.15) is 0 Å². The van der Waals surface area contributed by atoms with E-state index < -0.39 is 6.17 Å². The van der Waals surface area contributed by atoms with Crippen LogP contribution in [0.5, 0.6) is 5.75 Å². The van der Waals surface area contributed by atoms with Crippen molar-refractivity contribution in [3.63, 3.8) is 0 Å². The molecule has 2 N–H and O–H groups in total. The van der Waals surface area contributed by atoms with Crippen LogP contribution in [0.3, 0.4) is 0 Å². The van der Waals surface area contributed by atoms with Crippen molar-refractivity contribution in [3.05, 3.63) is 95.1 Å². The van der Waals surface area contributed by atoms with Crippen molar-refractivity contribution in [3.8, 4) is 5.75 Å². The van der Waals surface area contributed by atoms with Gasteiger partial charge in [0, 0.05) is 30.6 Å². The zero-order valence-electron chi connectivity index (χ0n) is 20.0. The van der Waals surface area contributed by atoms with Gasteiger partial charge in [-0.25, -0.2) is 0 Å². The number of anilines is 1. The van der Waals surface area contributed by atoms with E-state index in [0.29, 0.717) is 42.7 Å². The first-order chi connectivity index (χ1) is 17.5. The summed E-state index contributed by atoms with van der Waals surface area (Å²) in [4.78, 5) is 42.4. The summed E-state index contributed by atoms with van der Waals surface area (Å²) in [6, 6.07) is 21.8. The molecule has 0 aliphatic carbocycles. The number of rotatable bonds is 9. The molecule has 0 saturated heterocycles. The number of nitrogens with zero attached hydrogens (tertiary/aromatic N) is 2. The molecule has 7 heteroatoms. The van der Waals surface area contributed by atoms with Crippen molar-refractivity contribution in [1.82, 2.24) is 10.2 Å². The van der Waals surface area contributed by atoms with Crippen molar-refractivity contribution in [1.29, 1.82) is 0 Å². The standard InChI is InChI=1S/C29H29N3O4/c33-21-15-13-20(14-16-21)17-18-30-26(34)12-2-1-7-19-31-27-22-8-3-4-9-23(22)29(36)32(27)25-11-6-5-10-24(25)28(31)35/h3-6,8-11,13-16,27,33H,1-2,7,12,17-19H2,(H,30,34)/t27-/m1/s1. The van der Waals surface area contributed by atoms with E-state index in [1.807, 2.05) is 54.6 Å². The minimum Gasteiger partial charge on any atom is -0.508 e. The highest BCUT2D eigenvalue weighted by Gasteiger charge is 2.47. The lowest BCUT2D eigenvalue weighted by atomic mass is 10.0. The molecule has 0 aromatic heterocycles. The molecule has 5 rings (SSSR count). The predicted molar refractivity (Wildman–Crippen MR) is 137 cm³/mol. The molecule has 2 aliphatic rings. The predicted octanol–water partition coefficient (Wildman–Crippen LogP) is 4.43. The molecule has 0 saturated carbocycles. The first-order valence-electron chi connectivity index (χ1n) is 12.4. The molecular formula is C29H29N3O4. The van der Waals surface area contributed by atoms with Crippen LogP contribution >= 0.6 is 0 Å². The fourth-order valence-electron chi connectivity index (χ4n) is 5.04. The van der Waals surface area contributed by atoms with Gasteiger partial charge in [0.05, 0.1) is 11.3 Å². The Morgan fingerprint density at radius 1 is 0.833 bits per heavy atom. The highest BCUT2D eigenvalue weighted by atomic mass is 16.3. The van der Waals surface area contributed by atoms with Crippen molar-refractivity contribution in [2.75, 3.05) is 18.0 Å².